The predicted octanol–water partition coefficient (Wildman–Crippen LogP) is 2.04. The van der Waals surface area contributed by atoms with E-state index in [1.165, 1.54) is 0 Å². The van der Waals surface area contributed by atoms with Crippen molar-refractivity contribution < 1.29 is 14.3 Å². The van der Waals surface area contributed by atoms with Crippen molar-refractivity contribution in [3.05, 3.63) is 29.8 Å². The Labute approximate surface area is 114 Å². The summed E-state index contributed by atoms with van der Waals surface area (Å²) >= 11 is 0. The monoisotopic (exact) mass is 263 g/mol. The van der Waals surface area contributed by atoms with E-state index in [2.05, 4.69) is 5.32 Å². The highest BCUT2D eigenvalue weighted by Crippen LogP contribution is 2.16. The van der Waals surface area contributed by atoms with Crippen LogP contribution in [0.1, 0.15) is 30.1 Å². The Hall–Kier alpha value is -1.39. The smallest absolute Gasteiger partial charge is 0.162 e. The zero-order valence-electron chi connectivity index (χ0n) is 11.5. The molecule has 0 aliphatic carbocycles. The predicted molar refractivity (Wildman–Crippen MR) is 73.8 cm³/mol. The topological polar surface area (TPSA) is 47.6 Å². The fourth-order valence-corrected chi connectivity index (χ4v) is 2.23. The Morgan fingerprint density at radius 2 is 2.11 bits per heavy atom. The van der Waals surface area contributed by atoms with E-state index in [4.69, 9.17) is 9.47 Å². The van der Waals surface area contributed by atoms with E-state index in [0.29, 0.717) is 19.1 Å². The average molecular weight is 263 g/mol. The molecule has 0 aromatic heterocycles. The van der Waals surface area contributed by atoms with Crippen molar-refractivity contribution in [3.8, 4) is 5.75 Å². The second-order valence-electron chi connectivity index (χ2n) is 4.81. The first kappa shape index (κ1) is 14.0. The maximum Gasteiger partial charge on any atom is 0.162 e. The Morgan fingerprint density at radius 1 is 1.37 bits per heavy atom. The van der Waals surface area contributed by atoms with Gasteiger partial charge in [0, 0.05) is 31.7 Å². The summed E-state index contributed by atoms with van der Waals surface area (Å²) in [5, 5.41) is 3.36. The first-order valence-electron chi connectivity index (χ1n) is 6.75. The highest BCUT2D eigenvalue weighted by molar-refractivity contribution is 5.95. The Balaban J connectivity index is 1.82. The van der Waals surface area contributed by atoms with Crippen LogP contribution >= 0.6 is 0 Å². The van der Waals surface area contributed by atoms with Gasteiger partial charge in [0.25, 0.3) is 0 Å². The third-order valence-corrected chi connectivity index (χ3v) is 3.46. The first-order chi connectivity index (χ1) is 9.22. The maximum atomic E-state index is 11.5. The van der Waals surface area contributed by atoms with E-state index < -0.39 is 0 Å². The van der Waals surface area contributed by atoms with Gasteiger partial charge in [0.15, 0.2) is 5.78 Å². The summed E-state index contributed by atoms with van der Waals surface area (Å²) in [4.78, 5) is 11.5. The number of Topliss-reactive ketones (excluding diaryl/α,β-unsaturated/α-hetero) is 1. The van der Waals surface area contributed by atoms with Crippen molar-refractivity contribution >= 4 is 5.78 Å². The second-order valence-corrected chi connectivity index (χ2v) is 4.81. The van der Waals surface area contributed by atoms with E-state index in [9.17, 15) is 4.79 Å². The quantitative estimate of drug-likeness (QED) is 0.798. The normalized spacial score (nSPS) is 22.4. The largest absolute Gasteiger partial charge is 0.492 e. The molecule has 0 amide bonds. The van der Waals surface area contributed by atoms with E-state index in [1.54, 1.807) is 7.11 Å². The van der Waals surface area contributed by atoms with Crippen molar-refractivity contribution in [3.63, 3.8) is 0 Å². The van der Waals surface area contributed by atoms with E-state index >= 15 is 0 Å². The lowest BCUT2D eigenvalue weighted by Gasteiger charge is -2.12. The van der Waals surface area contributed by atoms with Crippen molar-refractivity contribution in [1.29, 1.82) is 0 Å². The number of ketones is 1. The number of hydrogen-bond acceptors (Lipinski definition) is 4. The van der Waals surface area contributed by atoms with Crippen LogP contribution in [-0.2, 0) is 4.74 Å². The van der Waals surface area contributed by atoms with E-state index in [1.807, 2.05) is 31.2 Å². The lowest BCUT2D eigenvalue weighted by molar-refractivity contribution is 0.0988. The van der Waals surface area contributed by atoms with Gasteiger partial charge in [0.05, 0.1) is 6.10 Å². The highest BCUT2D eigenvalue weighted by atomic mass is 16.5. The molecule has 0 spiro atoms. The number of hydrogen-bond donors (Lipinski definition) is 1. The molecule has 1 saturated heterocycles. The summed E-state index contributed by atoms with van der Waals surface area (Å²) in [6.07, 6.45) is 1.80. The van der Waals surface area contributed by atoms with Crippen LogP contribution in [0.15, 0.2) is 24.3 Å². The van der Waals surface area contributed by atoms with Crippen LogP contribution in [0.25, 0.3) is 0 Å². The molecule has 0 unspecified atom stereocenters. The minimum atomic E-state index is 0.159. The molecule has 2 atom stereocenters. The molecule has 1 aliphatic rings. The number of benzene rings is 1. The molecule has 4 nitrogen and oxygen atoms in total. The lowest BCUT2D eigenvalue weighted by Crippen LogP contribution is -2.28. The summed E-state index contributed by atoms with van der Waals surface area (Å²) in [5.41, 5.74) is 0.744. The van der Waals surface area contributed by atoms with Crippen LogP contribution in [0.2, 0.25) is 0 Å². The molecule has 2 rings (SSSR count). The molecule has 1 N–H and O–H groups in total. The van der Waals surface area contributed by atoms with Crippen LogP contribution in [0, 0.1) is 0 Å². The zero-order valence-corrected chi connectivity index (χ0v) is 11.5. The third-order valence-electron chi connectivity index (χ3n) is 3.46. The number of carbonyl (C=O) groups is 1. The van der Waals surface area contributed by atoms with Crippen molar-refractivity contribution in [2.45, 2.75) is 31.9 Å². The van der Waals surface area contributed by atoms with Gasteiger partial charge < -0.3 is 14.8 Å². The average Bonchev–Trinajstić information content (AvgIpc) is 2.93. The third kappa shape index (κ3) is 3.78. The van der Waals surface area contributed by atoms with Gasteiger partial charge in [-0.2, -0.15) is 0 Å². The van der Waals surface area contributed by atoms with Crippen molar-refractivity contribution in [2.75, 3.05) is 20.3 Å². The van der Waals surface area contributed by atoms with E-state index in [-0.39, 0.29) is 11.9 Å². The molecule has 0 bridgehead atoms. The van der Waals surface area contributed by atoms with Crippen molar-refractivity contribution in [2.24, 2.45) is 0 Å². The molecule has 1 fully saturated rings. The Kier molecular flexibility index (Phi) is 4.93. The van der Waals surface area contributed by atoms with E-state index in [0.717, 1.165) is 24.3 Å². The first-order valence-corrected chi connectivity index (χ1v) is 6.75. The van der Waals surface area contributed by atoms with Gasteiger partial charge in [-0.1, -0.05) is 6.92 Å². The highest BCUT2D eigenvalue weighted by Gasteiger charge is 2.23. The molecule has 1 aliphatic heterocycles. The summed E-state index contributed by atoms with van der Waals surface area (Å²) in [6, 6.07) is 7.68. The Bertz CT molecular complexity index is 416. The molecule has 4 heteroatoms. The molecule has 1 aromatic rings. The number of carbonyl (C=O) groups excluding carboxylic acids is 1. The summed E-state index contributed by atoms with van der Waals surface area (Å²) in [7, 11) is 1.74. The fourth-order valence-electron chi connectivity index (χ4n) is 2.23. The Morgan fingerprint density at radius 3 is 2.68 bits per heavy atom. The molecule has 1 heterocycles. The van der Waals surface area contributed by atoms with Crippen LogP contribution in [0.4, 0.5) is 0 Å². The number of methoxy groups -OCH3 is 1. The van der Waals surface area contributed by atoms with Gasteiger partial charge in [0.2, 0.25) is 0 Å². The fraction of sp³-hybridized carbons (Fsp3) is 0.533. The maximum absolute atomic E-state index is 11.5. The number of rotatable bonds is 6. The van der Waals surface area contributed by atoms with Crippen LogP contribution in [0.5, 0.6) is 5.75 Å². The van der Waals surface area contributed by atoms with Crippen LogP contribution in [-0.4, -0.2) is 38.2 Å². The molecule has 0 saturated carbocycles. The second kappa shape index (κ2) is 6.68. The molecule has 1 aromatic carbocycles. The summed E-state index contributed by atoms with van der Waals surface area (Å²) in [5.74, 6) is 0.960. The molecule has 104 valence electrons. The molecule has 0 radical (unpaired) electrons. The minimum absolute atomic E-state index is 0.159. The minimum Gasteiger partial charge on any atom is -0.492 e. The lowest BCUT2D eigenvalue weighted by atomic mass is 10.1. The molecular formula is C15H21NO3. The van der Waals surface area contributed by atoms with Gasteiger partial charge >= 0.3 is 0 Å². The van der Waals surface area contributed by atoms with Crippen LogP contribution in [0.3, 0.4) is 0 Å². The standard InChI is InChI=1S/C15H21NO3/c1-3-15(17)11-4-6-13(7-5-11)19-10-12-8-14(18-2)9-16-12/h4-7,12,14,16H,3,8-10H2,1-2H3/t12-,14-/m0/s1. The summed E-state index contributed by atoms with van der Waals surface area (Å²) in [6.45, 7) is 3.38. The van der Waals surface area contributed by atoms with Gasteiger partial charge in [-0.15, -0.1) is 0 Å². The zero-order chi connectivity index (χ0) is 13.7. The summed E-state index contributed by atoms with van der Waals surface area (Å²) < 4.78 is 11.0. The van der Waals surface area contributed by atoms with Gasteiger partial charge in [0.1, 0.15) is 12.4 Å². The van der Waals surface area contributed by atoms with Gasteiger partial charge in [-0.3, -0.25) is 4.79 Å². The van der Waals surface area contributed by atoms with Gasteiger partial charge in [-0.05, 0) is 30.7 Å². The number of nitrogens with one attached hydrogen (secondary N) is 1. The molecular weight excluding hydrogens is 242 g/mol. The molecule has 19 heavy (non-hydrogen) atoms. The number of ether oxygens (including phenoxy) is 2. The SMILES string of the molecule is CCC(=O)c1ccc(OC[C@@H]2C[C@H](OC)CN2)cc1. The van der Waals surface area contributed by atoms with Crippen LogP contribution < -0.4 is 10.1 Å². The van der Waals surface area contributed by atoms with Crippen molar-refractivity contribution in [1.82, 2.24) is 5.32 Å². The van der Waals surface area contributed by atoms with Gasteiger partial charge in [-0.25, -0.2) is 0 Å².